The first-order valence-electron chi connectivity index (χ1n) is 5.60. The molecule has 1 aliphatic carbocycles. The van der Waals surface area contributed by atoms with Crippen LogP contribution in [0.5, 0.6) is 0 Å². The first-order chi connectivity index (χ1) is 6.83. The van der Waals surface area contributed by atoms with E-state index in [4.69, 9.17) is 5.73 Å². The first-order valence-corrected chi connectivity index (χ1v) is 5.60. The molecule has 14 heavy (non-hydrogen) atoms. The van der Waals surface area contributed by atoms with Gasteiger partial charge >= 0.3 is 0 Å². The van der Waals surface area contributed by atoms with Crippen molar-refractivity contribution in [3.05, 3.63) is 0 Å². The van der Waals surface area contributed by atoms with Crippen LogP contribution >= 0.6 is 0 Å². The standard InChI is InChI=1S/C10H19N3O/c11-6-8-13-10(14)5-7-12(13)9-3-1-2-4-9/h9H,1-8,11H2. The van der Waals surface area contributed by atoms with Crippen LogP contribution in [-0.4, -0.2) is 41.6 Å². The van der Waals surface area contributed by atoms with Crippen molar-refractivity contribution in [3.63, 3.8) is 0 Å². The average molecular weight is 197 g/mol. The highest BCUT2D eigenvalue weighted by Crippen LogP contribution is 2.27. The summed E-state index contributed by atoms with van der Waals surface area (Å²) in [5, 5.41) is 4.12. The number of nitrogens with zero attached hydrogens (tertiary/aromatic N) is 2. The molecule has 1 heterocycles. The Bertz CT molecular complexity index is 213. The van der Waals surface area contributed by atoms with Gasteiger partial charge in [-0.3, -0.25) is 9.80 Å². The lowest BCUT2D eigenvalue weighted by Crippen LogP contribution is -2.46. The summed E-state index contributed by atoms with van der Waals surface area (Å²) in [6.45, 7) is 2.16. The van der Waals surface area contributed by atoms with E-state index in [2.05, 4.69) is 5.01 Å². The van der Waals surface area contributed by atoms with Crippen molar-refractivity contribution in [2.75, 3.05) is 19.6 Å². The molecular weight excluding hydrogens is 178 g/mol. The van der Waals surface area contributed by atoms with Crippen LogP contribution in [0.1, 0.15) is 32.1 Å². The predicted molar refractivity (Wildman–Crippen MR) is 54.3 cm³/mol. The second-order valence-electron chi connectivity index (χ2n) is 4.16. The van der Waals surface area contributed by atoms with Gasteiger partial charge in [0.15, 0.2) is 0 Å². The molecule has 80 valence electrons. The molecule has 0 aromatic rings. The van der Waals surface area contributed by atoms with E-state index < -0.39 is 0 Å². The van der Waals surface area contributed by atoms with Crippen molar-refractivity contribution in [2.24, 2.45) is 5.73 Å². The van der Waals surface area contributed by atoms with Gasteiger partial charge in [-0.1, -0.05) is 12.8 Å². The van der Waals surface area contributed by atoms with Crippen molar-refractivity contribution in [1.29, 1.82) is 0 Å². The summed E-state index contributed by atoms with van der Waals surface area (Å²) in [7, 11) is 0. The lowest BCUT2D eigenvalue weighted by atomic mass is 10.2. The number of carbonyl (C=O) groups is 1. The van der Waals surface area contributed by atoms with Crippen molar-refractivity contribution < 1.29 is 4.79 Å². The molecule has 2 N–H and O–H groups in total. The maximum absolute atomic E-state index is 11.6. The van der Waals surface area contributed by atoms with E-state index in [-0.39, 0.29) is 5.91 Å². The molecule has 0 bridgehead atoms. The number of hydrogen-bond donors (Lipinski definition) is 1. The molecule has 2 rings (SSSR count). The minimum absolute atomic E-state index is 0.252. The molecule has 0 aromatic carbocycles. The third kappa shape index (κ3) is 1.77. The zero-order valence-electron chi connectivity index (χ0n) is 8.61. The van der Waals surface area contributed by atoms with Crippen LogP contribution < -0.4 is 5.73 Å². The molecule has 0 atom stereocenters. The Kier molecular flexibility index (Phi) is 3.03. The molecule has 0 aromatic heterocycles. The lowest BCUT2D eigenvalue weighted by Gasteiger charge is -2.32. The summed E-state index contributed by atoms with van der Waals surface area (Å²) in [6.07, 6.45) is 5.79. The minimum Gasteiger partial charge on any atom is -0.329 e. The van der Waals surface area contributed by atoms with Gasteiger partial charge in [0.25, 0.3) is 0 Å². The van der Waals surface area contributed by atoms with Crippen LogP contribution in [0.4, 0.5) is 0 Å². The molecule has 2 aliphatic rings. The number of rotatable bonds is 3. The fourth-order valence-corrected chi connectivity index (χ4v) is 2.56. The molecule has 0 radical (unpaired) electrons. The van der Waals surface area contributed by atoms with Gasteiger partial charge in [-0.25, -0.2) is 5.01 Å². The molecule has 1 aliphatic heterocycles. The molecule has 2 fully saturated rings. The molecule has 0 unspecified atom stereocenters. The SMILES string of the molecule is NCCN1C(=O)CCN1C1CCCC1. The van der Waals surface area contributed by atoms with Gasteiger partial charge in [0, 0.05) is 32.1 Å². The summed E-state index contributed by atoms with van der Waals surface area (Å²) in [4.78, 5) is 11.6. The van der Waals surface area contributed by atoms with Gasteiger partial charge in [0.2, 0.25) is 5.91 Å². The van der Waals surface area contributed by atoms with E-state index in [0.717, 1.165) is 6.54 Å². The van der Waals surface area contributed by atoms with Crippen molar-refractivity contribution in [1.82, 2.24) is 10.0 Å². The van der Waals surface area contributed by atoms with E-state index in [1.165, 1.54) is 25.7 Å². The normalized spacial score (nSPS) is 25.2. The van der Waals surface area contributed by atoms with Gasteiger partial charge in [0.05, 0.1) is 0 Å². The van der Waals surface area contributed by atoms with E-state index in [0.29, 0.717) is 25.6 Å². The maximum Gasteiger partial charge on any atom is 0.238 e. The molecule has 1 saturated heterocycles. The quantitative estimate of drug-likeness (QED) is 0.709. The Balaban J connectivity index is 1.98. The zero-order valence-corrected chi connectivity index (χ0v) is 8.61. The zero-order chi connectivity index (χ0) is 9.97. The van der Waals surface area contributed by atoms with Crippen LogP contribution in [0, 0.1) is 0 Å². The first kappa shape index (κ1) is 9.93. The average Bonchev–Trinajstić information content (AvgIpc) is 2.77. The minimum atomic E-state index is 0.252. The van der Waals surface area contributed by atoms with Crippen LogP contribution in [0.2, 0.25) is 0 Å². The monoisotopic (exact) mass is 197 g/mol. The second-order valence-corrected chi connectivity index (χ2v) is 4.16. The highest BCUT2D eigenvalue weighted by molar-refractivity contribution is 5.77. The molecule has 4 heteroatoms. The Morgan fingerprint density at radius 1 is 1.36 bits per heavy atom. The predicted octanol–water partition coefficient (Wildman–Crippen LogP) is 0.337. The smallest absolute Gasteiger partial charge is 0.238 e. The molecule has 1 saturated carbocycles. The van der Waals surface area contributed by atoms with Gasteiger partial charge in [-0.2, -0.15) is 0 Å². The van der Waals surface area contributed by atoms with Crippen molar-refractivity contribution in [3.8, 4) is 0 Å². The summed E-state index contributed by atoms with van der Waals surface area (Å²) >= 11 is 0. The highest BCUT2D eigenvalue weighted by Gasteiger charge is 2.34. The number of amides is 1. The Hall–Kier alpha value is -0.610. The van der Waals surface area contributed by atoms with E-state index in [1.807, 2.05) is 5.01 Å². The van der Waals surface area contributed by atoms with Crippen LogP contribution in [0.15, 0.2) is 0 Å². The van der Waals surface area contributed by atoms with Gasteiger partial charge in [-0.05, 0) is 12.8 Å². The van der Waals surface area contributed by atoms with Gasteiger partial charge in [0.1, 0.15) is 0 Å². The summed E-state index contributed by atoms with van der Waals surface area (Å²) in [5.41, 5.74) is 5.51. The van der Waals surface area contributed by atoms with Gasteiger partial charge < -0.3 is 5.73 Å². The van der Waals surface area contributed by atoms with Crippen molar-refractivity contribution in [2.45, 2.75) is 38.1 Å². The fraction of sp³-hybridized carbons (Fsp3) is 0.900. The maximum atomic E-state index is 11.6. The number of carbonyl (C=O) groups excluding carboxylic acids is 1. The van der Waals surface area contributed by atoms with Crippen LogP contribution in [-0.2, 0) is 4.79 Å². The molecule has 4 nitrogen and oxygen atoms in total. The van der Waals surface area contributed by atoms with E-state index >= 15 is 0 Å². The highest BCUT2D eigenvalue weighted by atomic mass is 16.2. The number of nitrogens with two attached hydrogens (primary N) is 1. The summed E-state index contributed by atoms with van der Waals surface area (Å²) < 4.78 is 0. The summed E-state index contributed by atoms with van der Waals surface area (Å²) in [5.74, 6) is 0.252. The van der Waals surface area contributed by atoms with Gasteiger partial charge in [-0.15, -0.1) is 0 Å². The largest absolute Gasteiger partial charge is 0.329 e. The topological polar surface area (TPSA) is 49.6 Å². The summed E-state index contributed by atoms with van der Waals surface area (Å²) in [6, 6.07) is 0.605. The van der Waals surface area contributed by atoms with Crippen LogP contribution in [0.25, 0.3) is 0 Å². The number of hydrazine groups is 1. The third-order valence-corrected chi connectivity index (χ3v) is 3.24. The Morgan fingerprint density at radius 2 is 2.07 bits per heavy atom. The molecule has 0 spiro atoms. The molecule has 1 amide bonds. The van der Waals surface area contributed by atoms with E-state index in [9.17, 15) is 4.79 Å². The number of hydrogen-bond acceptors (Lipinski definition) is 3. The molecular formula is C10H19N3O. The third-order valence-electron chi connectivity index (χ3n) is 3.24. The fourth-order valence-electron chi connectivity index (χ4n) is 2.56. The van der Waals surface area contributed by atoms with Crippen molar-refractivity contribution >= 4 is 5.91 Å². The lowest BCUT2D eigenvalue weighted by molar-refractivity contribution is -0.140. The van der Waals surface area contributed by atoms with Crippen LogP contribution in [0.3, 0.4) is 0 Å². The Labute approximate surface area is 85.0 Å². The Morgan fingerprint density at radius 3 is 2.71 bits per heavy atom. The van der Waals surface area contributed by atoms with E-state index in [1.54, 1.807) is 0 Å². The second kappa shape index (κ2) is 4.28.